The molecular formula is C25H28ClF3O7. The van der Waals surface area contributed by atoms with Crippen molar-refractivity contribution in [3.05, 3.63) is 64.7 Å². The zero-order chi connectivity index (χ0) is 27.1. The van der Waals surface area contributed by atoms with E-state index in [1.807, 2.05) is 0 Å². The highest BCUT2D eigenvalue weighted by atomic mass is 35.5. The van der Waals surface area contributed by atoms with E-state index in [1.54, 1.807) is 6.92 Å². The molecule has 0 bridgehead atoms. The van der Waals surface area contributed by atoms with Gasteiger partial charge < -0.3 is 24.4 Å². The summed E-state index contributed by atoms with van der Waals surface area (Å²) in [5.41, 5.74) is -8.07. The van der Waals surface area contributed by atoms with Gasteiger partial charge in [0.25, 0.3) is 5.60 Å². The summed E-state index contributed by atoms with van der Waals surface area (Å²) in [6.07, 6.45) is -8.39. The number of unbranched alkanes of at least 4 members (excludes halogenated alkanes) is 1. The lowest BCUT2D eigenvalue weighted by molar-refractivity contribution is -0.329. The molecule has 0 aromatic heterocycles. The molecule has 0 unspecified atom stereocenters. The summed E-state index contributed by atoms with van der Waals surface area (Å²) in [5.74, 6) is -2.93. The number of carbonyl (C=O) groups excluding carboxylic acids is 2. The van der Waals surface area contributed by atoms with Crippen molar-refractivity contribution in [1.29, 1.82) is 0 Å². The molecule has 0 aliphatic rings. The van der Waals surface area contributed by atoms with Gasteiger partial charge in [0.05, 0.1) is 19.3 Å². The summed E-state index contributed by atoms with van der Waals surface area (Å²) in [5, 5.41) is 22.8. The van der Waals surface area contributed by atoms with E-state index in [-0.39, 0.29) is 29.0 Å². The van der Waals surface area contributed by atoms with Gasteiger partial charge in [-0.1, -0.05) is 49.6 Å². The van der Waals surface area contributed by atoms with Crippen LogP contribution in [0.25, 0.3) is 0 Å². The highest BCUT2D eigenvalue weighted by Gasteiger charge is 2.75. The van der Waals surface area contributed by atoms with E-state index in [2.05, 4.69) is 4.74 Å². The van der Waals surface area contributed by atoms with Gasteiger partial charge in [-0.3, -0.25) is 0 Å². The van der Waals surface area contributed by atoms with E-state index < -0.39 is 48.4 Å². The molecule has 198 valence electrons. The molecule has 0 saturated heterocycles. The molecule has 0 saturated carbocycles. The van der Waals surface area contributed by atoms with Crippen LogP contribution >= 0.6 is 11.6 Å². The van der Waals surface area contributed by atoms with Crippen molar-refractivity contribution in [2.45, 2.75) is 56.6 Å². The average molecular weight is 533 g/mol. The fourth-order valence-corrected chi connectivity index (χ4v) is 3.92. The largest absolute Gasteiger partial charge is 0.497 e. The zero-order valence-electron chi connectivity index (χ0n) is 20.0. The minimum absolute atomic E-state index is 0.0599. The molecular weight excluding hydrogens is 505 g/mol. The van der Waals surface area contributed by atoms with Gasteiger partial charge in [-0.05, 0) is 49.2 Å². The van der Waals surface area contributed by atoms with Gasteiger partial charge in [-0.2, -0.15) is 13.2 Å². The quantitative estimate of drug-likeness (QED) is 0.392. The number of benzene rings is 2. The van der Waals surface area contributed by atoms with Gasteiger partial charge in [0.1, 0.15) is 5.75 Å². The maximum Gasteiger partial charge on any atom is 0.431 e. The molecule has 3 atom stereocenters. The first-order chi connectivity index (χ1) is 16.8. The molecule has 0 radical (unpaired) electrons. The molecule has 2 rings (SSSR count). The van der Waals surface area contributed by atoms with Gasteiger partial charge in [0, 0.05) is 5.02 Å². The van der Waals surface area contributed by atoms with Crippen LogP contribution in [0.4, 0.5) is 13.2 Å². The van der Waals surface area contributed by atoms with Crippen molar-refractivity contribution < 1.29 is 47.2 Å². The number of halogens is 4. The molecule has 2 N–H and O–H groups in total. The number of ether oxygens (including phenoxy) is 3. The van der Waals surface area contributed by atoms with Gasteiger partial charge >= 0.3 is 18.1 Å². The van der Waals surface area contributed by atoms with Crippen LogP contribution in [-0.4, -0.2) is 53.2 Å². The minimum atomic E-state index is -5.70. The normalized spacial score (nSPS) is 15.8. The maximum absolute atomic E-state index is 14.4. The Kier molecular flexibility index (Phi) is 9.76. The molecule has 2 aromatic rings. The zero-order valence-corrected chi connectivity index (χ0v) is 20.7. The lowest BCUT2D eigenvalue weighted by Crippen LogP contribution is -2.70. The molecule has 0 heterocycles. The molecule has 0 amide bonds. The van der Waals surface area contributed by atoms with E-state index in [1.165, 1.54) is 62.6 Å². The fourth-order valence-electron chi connectivity index (χ4n) is 3.73. The summed E-state index contributed by atoms with van der Waals surface area (Å²) < 4.78 is 58.3. The SMILES string of the molecule is CCCC[C@](O)([C@H](OC(=O)c1cccc(Cl)c1)c1ccc(OC)cc1)[C@@](O)(C(=O)OCC)C(F)(F)F. The van der Waals surface area contributed by atoms with Crippen LogP contribution in [0.3, 0.4) is 0 Å². The van der Waals surface area contributed by atoms with E-state index >= 15 is 0 Å². The number of esters is 2. The predicted octanol–water partition coefficient (Wildman–Crippen LogP) is 5.02. The number of hydrogen-bond donors (Lipinski definition) is 2. The van der Waals surface area contributed by atoms with Crippen LogP contribution in [0.2, 0.25) is 5.02 Å². The molecule has 0 aliphatic carbocycles. The van der Waals surface area contributed by atoms with Crippen LogP contribution < -0.4 is 4.74 Å². The highest BCUT2D eigenvalue weighted by Crippen LogP contribution is 2.50. The Hall–Kier alpha value is -2.82. The molecule has 0 spiro atoms. The van der Waals surface area contributed by atoms with Crippen molar-refractivity contribution in [2.24, 2.45) is 0 Å². The smallest absolute Gasteiger partial charge is 0.431 e. The minimum Gasteiger partial charge on any atom is -0.497 e. The average Bonchev–Trinajstić information content (AvgIpc) is 2.84. The Morgan fingerprint density at radius 1 is 1.06 bits per heavy atom. The van der Waals surface area contributed by atoms with Gasteiger partial charge in [-0.25, -0.2) is 9.59 Å². The van der Waals surface area contributed by atoms with Gasteiger partial charge in [0.15, 0.2) is 11.7 Å². The Morgan fingerprint density at radius 2 is 1.69 bits per heavy atom. The summed E-state index contributed by atoms with van der Waals surface area (Å²) in [6, 6.07) is 10.7. The fraction of sp³-hybridized carbons (Fsp3) is 0.440. The molecule has 0 fully saturated rings. The van der Waals surface area contributed by atoms with Crippen molar-refractivity contribution >= 4 is 23.5 Å². The van der Waals surface area contributed by atoms with E-state index in [0.717, 1.165) is 0 Å². The van der Waals surface area contributed by atoms with Crippen molar-refractivity contribution in [3.8, 4) is 5.75 Å². The van der Waals surface area contributed by atoms with Gasteiger partial charge in [-0.15, -0.1) is 0 Å². The van der Waals surface area contributed by atoms with E-state index in [9.17, 15) is 33.0 Å². The number of aliphatic hydroxyl groups is 2. The van der Waals surface area contributed by atoms with Crippen LogP contribution in [-0.2, 0) is 14.3 Å². The second kappa shape index (κ2) is 11.9. The van der Waals surface area contributed by atoms with Crippen molar-refractivity contribution in [2.75, 3.05) is 13.7 Å². The summed E-state index contributed by atoms with van der Waals surface area (Å²) in [4.78, 5) is 25.6. The number of carbonyl (C=O) groups is 2. The Morgan fingerprint density at radius 3 is 2.19 bits per heavy atom. The van der Waals surface area contributed by atoms with Crippen LogP contribution in [0, 0.1) is 0 Å². The summed E-state index contributed by atoms with van der Waals surface area (Å²) in [7, 11) is 1.37. The molecule has 2 aromatic carbocycles. The summed E-state index contributed by atoms with van der Waals surface area (Å²) in [6.45, 7) is 2.38. The maximum atomic E-state index is 14.4. The lowest BCUT2D eigenvalue weighted by Gasteiger charge is -2.46. The standard InChI is InChI=1S/C25H28ClF3O7/c1-4-6-14-23(32,24(33,25(27,28)29)22(31)35-5-2)20(16-10-12-19(34-3)13-11-16)36-21(30)17-8-7-9-18(26)15-17/h7-13,15,20,32-33H,4-6,14H2,1-3H3/t20-,23+,24+/m1/s1. The monoisotopic (exact) mass is 532 g/mol. The van der Waals surface area contributed by atoms with Crippen molar-refractivity contribution in [3.63, 3.8) is 0 Å². The van der Waals surface area contributed by atoms with Gasteiger partial charge in [0.2, 0.25) is 0 Å². The second-order valence-electron chi connectivity index (χ2n) is 8.03. The van der Waals surface area contributed by atoms with Crippen LogP contribution in [0.5, 0.6) is 5.75 Å². The lowest BCUT2D eigenvalue weighted by atomic mass is 9.72. The first-order valence-corrected chi connectivity index (χ1v) is 11.5. The third-order valence-corrected chi connectivity index (χ3v) is 5.89. The Balaban J connectivity index is 2.78. The third kappa shape index (κ3) is 5.93. The molecule has 0 aliphatic heterocycles. The summed E-state index contributed by atoms with van der Waals surface area (Å²) >= 11 is 5.92. The first kappa shape index (κ1) is 29.4. The predicted molar refractivity (Wildman–Crippen MR) is 125 cm³/mol. The highest BCUT2D eigenvalue weighted by molar-refractivity contribution is 6.30. The first-order valence-electron chi connectivity index (χ1n) is 11.1. The van der Waals surface area contributed by atoms with E-state index in [0.29, 0.717) is 5.75 Å². The number of methoxy groups -OCH3 is 1. The Bertz CT molecular complexity index is 1040. The van der Waals surface area contributed by atoms with Crippen LogP contribution in [0.1, 0.15) is 55.1 Å². The second-order valence-corrected chi connectivity index (χ2v) is 8.46. The molecule has 11 heteroatoms. The van der Waals surface area contributed by atoms with Crippen LogP contribution in [0.15, 0.2) is 48.5 Å². The van der Waals surface area contributed by atoms with E-state index in [4.69, 9.17) is 21.1 Å². The van der Waals surface area contributed by atoms with Crippen molar-refractivity contribution in [1.82, 2.24) is 0 Å². The molecule has 36 heavy (non-hydrogen) atoms. The number of alkyl halides is 3. The Labute approximate surface area is 211 Å². The number of hydrogen-bond acceptors (Lipinski definition) is 7. The molecule has 7 nitrogen and oxygen atoms in total. The topological polar surface area (TPSA) is 102 Å². The third-order valence-electron chi connectivity index (χ3n) is 5.66. The number of rotatable bonds is 11.